The molecular formula is C54H108O2P2S4. The maximum absolute atomic E-state index is 12.9. The summed E-state index contributed by atoms with van der Waals surface area (Å²) < 4.78 is 0. The van der Waals surface area contributed by atoms with Gasteiger partial charge in [-0.15, -0.1) is 0 Å². The molecule has 0 atom stereocenters. The molecule has 62 heavy (non-hydrogen) atoms. The molecule has 0 aromatic heterocycles. The van der Waals surface area contributed by atoms with E-state index in [1.165, 1.54) is 231 Å². The Morgan fingerprint density at radius 3 is 0.645 bits per heavy atom. The fourth-order valence-corrected chi connectivity index (χ4v) is 25.1. The molecular weight excluding hydrogens is 871 g/mol. The first-order valence-corrected chi connectivity index (χ1v) is 37.8. The van der Waals surface area contributed by atoms with E-state index < -0.39 is 10.5 Å². The average molecular weight is 980 g/mol. The van der Waals surface area contributed by atoms with Gasteiger partial charge in [0.1, 0.15) is 0 Å². The molecule has 2 N–H and O–H groups in total. The molecule has 0 bridgehead atoms. The van der Waals surface area contributed by atoms with Crippen LogP contribution in [0.1, 0.15) is 285 Å². The van der Waals surface area contributed by atoms with Gasteiger partial charge in [0.15, 0.2) is 0 Å². The van der Waals surface area contributed by atoms with Crippen LogP contribution in [0, 0.1) is 0 Å². The van der Waals surface area contributed by atoms with Gasteiger partial charge in [0.25, 0.3) is 0 Å². The third-order valence-electron chi connectivity index (χ3n) is 13.3. The van der Waals surface area contributed by atoms with E-state index >= 15 is 0 Å². The summed E-state index contributed by atoms with van der Waals surface area (Å²) in [5.74, 6) is 0. The topological polar surface area (TPSA) is 40.5 Å². The molecule has 1 aromatic rings. The second-order valence-corrected chi connectivity index (χ2v) is 41.6. The van der Waals surface area contributed by atoms with E-state index in [4.69, 9.17) is 24.5 Å². The predicted octanol–water partition coefficient (Wildman–Crippen LogP) is 22.0. The van der Waals surface area contributed by atoms with Crippen LogP contribution in [0.15, 0.2) is 34.1 Å². The van der Waals surface area contributed by atoms with Crippen LogP contribution >= 0.6 is 57.7 Å². The van der Waals surface area contributed by atoms with Crippen molar-refractivity contribution in [1.82, 2.24) is 0 Å². The molecule has 0 heterocycles. The maximum atomic E-state index is 12.9. The Bertz CT molecular complexity index is 1010. The van der Waals surface area contributed by atoms with E-state index in [1.807, 2.05) is 0 Å². The van der Waals surface area contributed by atoms with Crippen LogP contribution in [0.4, 0.5) is 0 Å². The van der Waals surface area contributed by atoms with Gasteiger partial charge >= 0.3 is 411 Å². The molecule has 0 radical (unpaired) electrons. The molecule has 1 aromatic carbocycles. The Labute approximate surface area is 408 Å². The zero-order chi connectivity index (χ0) is 45.4. The molecule has 0 saturated heterocycles. The van der Waals surface area contributed by atoms with E-state index in [1.54, 1.807) is 22.8 Å². The molecule has 0 amide bonds. The van der Waals surface area contributed by atoms with Crippen molar-refractivity contribution in [1.29, 1.82) is 0 Å². The van der Waals surface area contributed by atoms with Crippen molar-refractivity contribution in [3.63, 3.8) is 0 Å². The minimum absolute atomic E-state index is 0.813. The molecule has 1 rings (SSSR count). The molecule has 0 unspecified atom stereocenters. The summed E-state index contributed by atoms with van der Waals surface area (Å²) in [6.07, 6.45) is 55.2. The van der Waals surface area contributed by atoms with Crippen LogP contribution in [0.2, 0.25) is 0 Å². The summed E-state index contributed by atoms with van der Waals surface area (Å²) in [6.45, 7) is 9.18. The number of hydrogen-bond acceptors (Lipinski definition) is 6. The van der Waals surface area contributed by atoms with Crippen LogP contribution in [0.3, 0.4) is 0 Å². The van der Waals surface area contributed by atoms with Gasteiger partial charge in [-0.3, -0.25) is 0 Å². The number of benzene rings is 1. The first-order valence-electron chi connectivity index (χ1n) is 27.5. The fourth-order valence-electron chi connectivity index (χ4n) is 9.13. The number of thiol groups is 2. The average Bonchev–Trinajstić information content (AvgIpc) is 3.24. The molecule has 0 spiro atoms. The summed E-state index contributed by atoms with van der Waals surface area (Å²) in [4.78, 5) is 28.1. The molecule has 2 nitrogen and oxygen atoms in total. The molecule has 0 aliphatic carbocycles. The second kappa shape index (κ2) is 39.3. The fraction of sp³-hybridized carbons (Fsp3) is 0.889. The normalized spacial score (nSPS) is 13.6. The van der Waals surface area contributed by atoms with Gasteiger partial charge < -0.3 is 0 Å². The molecule has 8 heteroatoms. The Balaban J connectivity index is 3.05. The van der Waals surface area contributed by atoms with Crippen molar-refractivity contribution in [2.24, 2.45) is 0 Å². The third kappa shape index (κ3) is 34.7. The summed E-state index contributed by atoms with van der Waals surface area (Å²) in [5.41, 5.74) is 0. The van der Waals surface area contributed by atoms with Crippen LogP contribution in [0.5, 0.6) is 0 Å². The van der Waals surface area contributed by atoms with E-state index in [2.05, 4.69) is 52.0 Å². The van der Waals surface area contributed by atoms with Gasteiger partial charge in [-0.05, 0) is 0 Å². The number of unbranched alkanes of at least 4 members (excludes halogenated alkanes) is 36. The Morgan fingerprint density at radius 2 is 0.468 bits per heavy atom. The van der Waals surface area contributed by atoms with Crippen molar-refractivity contribution < 1.29 is 9.79 Å². The van der Waals surface area contributed by atoms with E-state index in [0.29, 0.717) is 0 Å². The zero-order valence-electron chi connectivity index (χ0n) is 41.9. The van der Waals surface area contributed by atoms with Crippen LogP contribution in [-0.2, 0) is 0 Å². The summed E-state index contributed by atoms with van der Waals surface area (Å²) in [6, 6.07) is 8.69. The Morgan fingerprint density at radius 1 is 0.306 bits per heavy atom. The van der Waals surface area contributed by atoms with Crippen molar-refractivity contribution in [2.75, 3.05) is 24.6 Å². The van der Waals surface area contributed by atoms with Crippen molar-refractivity contribution in [3.05, 3.63) is 24.3 Å². The minimum atomic E-state index is -3.41. The third-order valence-corrected chi connectivity index (χ3v) is 30.0. The molecule has 0 aliphatic rings. The van der Waals surface area contributed by atoms with Gasteiger partial charge in [0, 0.05) is 0 Å². The van der Waals surface area contributed by atoms with Crippen molar-refractivity contribution in [3.8, 4) is 0 Å². The molecule has 0 aliphatic heterocycles. The Hall–Kier alpha value is 1.40. The van der Waals surface area contributed by atoms with Gasteiger partial charge in [0.05, 0.1) is 0 Å². The quantitative estimate of drug-likeness (QED) is 0.0298. The van der Waals surface area contributed by atoms with Crippen LogP contribution in [0.25, 0.3) is 0 Å². The number of hydrogen-bond donors (Lipinski definition) is 4. The zero-order valence-corrected chi connectivity index (χ0v) is 47.1. The predicted molar refractivity (Wildman–Crippen MR) is 301 cm³/mol. The molecule has 370 valence electrons. The van der Waals surface area contributed by atoms with Gasteiger partial charge in [-0.1, -0.05) is 0 Å². The standard InChI is InChI=1S/C54H108O2P2S4/c1-5-9-13-17-21-25-29-33-37-43-49-57(55,59,50-44-38-34-30-26-22-18-14-10-6-2)61-53-47-41-42-48-54(53)62-58(56,60,51-45-39-35-31-27-23-19-15-11-7-3)52-46-40-36-32-28-24-20-16-12-8-4/h41-42,47-48,55-56,59-60H,5-40,43-46,49-52H2,1-4H3. The van der Waals surface area contributed by atoms with E-state index in [0.717, 1.165) is 60.1 Å². The van der Waals surface area contributed by atoms with Gasteiger partial charge in [-0.25, -0.2) is 0 Å². The summed E-state index contributed by atoms with van der Waals surface area (Å²) >= 11 is 14.3. The second-order valence-electron chi connectivity index (χ2n) is 19.9. The summed E-state index contributed by atoms with van der Waals surface area (Å²) in [5, 5.41) is -6.82. The van der Waals surface area contributed by atoms with Crippen molar-refractivity contribution in [2.45, 2.75) is 294 Å². The number of rotatable bonds is 48. The first-order chi connectivity index (χ1) is 30.0. The first kappa shape index (κ1) is 61.4. The van der Waals surface area contributed by atoms with Crippen LogP contribution in [-0.4, -0.2) is 34.4 Å². The summed E-state index contributed by atoms with van der Waals surface area (Å²) in [7, 11) is 0. The van der Waals surface area contributed by atoms with E-state index in [-0.39, 0.29) is 0 Å². The monoisotopic (exact) mass is 979 g/mol. The van der Waals surface area contributed by atoms with Gasteiger partial charge in [0.2, 0.25) is 0 Å². The van der Waals surface area contributed by atoms with Crippen molar-refractivity contribution >= 4 is 57.7 Å². The SMILES string of the molecule is CCCCCCCCCCCCP(O)(S)(CCCCCCCCCCCC)Sc1ccccc1SP(O)(S)(CCCCCCCCCCCC)CCCCCCCCCCCC. The van der Waals surface area contributed by atoms with Gasteiger partial charge in [-0.2, -0.15) is 0 Å². The molecule has 0 fully saturated rings. The van der Waals surface area contributed by atoms with E-state index in [9.17, 15) is 9.79 Å². The Kier molecular flexibility index (Phi) is 38.9. The molecule has 0 saturated carbocycles. The van der Waals surface area contributed by atoms with Crippen LogP contribution < -0.4 is 0 Å².